The van der Waals surface area contributed by atoms with Crippen LogP contribution in [0.5, 0.6) is 5.75 Å². The maximum Gasteiger partial charge on any atom is 0.119 e. The Hall–Kier alpha value is -0.810. The largest absolute Gasteiger partial charge is 0.497 e. The Kier molecular flexibility index (Phi) is 7.30. The lowest BCUT2D eigenvalue weighted by molar-refractivity contribution is 0.146. The molecule has 114 valence electrons. The second kappa shape index (κ2) is 8.47. The van der Waals surface area contributed by atoms with Gasteiger partial charge >= 0.3 is 0 Å². The van der Waals surface area contributed by atoms with Crippen LogP contribution in [-0.4, -0.2) is 38.0 Å². The van der Waals surface area contributed by atoms with E-state index in [0.717, 1.165) is 38.3 Å². The van der Waals surface area contributed by atoms with Crippen LogP contribution in [0.1, 0.15) is 18.1 Å². The van der Waals surface area contributed by atoms with Crippen molar-refractivity contribution in [2.75, 3.05) is 26.7 Å². The highest BCUT2D eigenvalue weighted by Gasteiger charge is 2.24. The van der Waals surface area contributed by atoms with Gasteiger partial charge in [-0.2, -0.15) is 0 Å². The number of aliphatic hydroxyl groups is 1. The molecule has 1 heterocycles. The van der Waals surface area contributed by atoms with E-state index in [4.69, 9.17) is 4.74 Å². The van der Waals surface area contributed by atoms with Gasteiger partial charge in [-0.1, -0.05) is 13.0 Å². The van der Waals surface area contributed by atoms with Crippen LogP contribution in [0.4, 0.5) is 0 Å². The average molecular weight is 301 g/mol. The number of hydrogen-bond acceptors (Lipinski definition) is 4. The van der Waals surface area contributed by atoms with E-state index in [1.807, 2.05) is 6.07 Å². The fourth-order valence-electron chi connectivity index (χ4n) is 2.55. The van der Waals surface area contributed by atoms with Crippen molar-refractivity contribution in [3.05, 3.63) is 29.3 Å². The molecule has 0 radical (unpaired) electrons. The van der Waals surface area contributed by atoms with Crippen molar-refractivity contribution < 1.29 is 9.84 Å². The number of β-amino-alcohol motifs (C(OH)–C–C–N with tert-alkyl or cyclic N) is 1. The minimum Gasteiger partial charge on any atom is -0.497 e. The highest BCUT2D eigenvalue weighted by atomic mass is 35.5. The van der Waals surface area contributed by atoms with E-state index < -0.39 is 0 Å². The molecular weight excluding hydrogens is 276 g/mol. The topological polar surface area (TPSA) is 53.5 Å². The summed E-state index contributed by atoms with van der Waals surface area (Å²) >= 11 is 0. The Morgan fingerprint density at radius 3 is 2.75 bits per heavy atom. The molecule has 0 spiro atoms. The molecule has 4 nitrogen and oxygen atoms in total. The van der Waals surface area contributed by atoms with E-state index in [2.05, 4.69) is 29.7 Å². The average Bonchev–Trinajstić information content (AvgIpc) is 2.84. The zero-order valence-electron chi connectivity index (χ0n) is 12.2. The van der Waals surface area contributed by atoms with Gasteiger partial charge in [0.2, 0.25) is 0 Å². The summed E-state index contributed by atoms with van der Waals surface area (Å²) in [6.45, 7) is 5.47. The number of halogens is 1. The van der Waals surface area contributed by atoms with Crippen LogP contribution in [0, 0.1) is 5.92 Å². The third kappa shape index (κ3) is 4.35. The molecule has 20 heavy (non-hydrogen) atoms. The van der Waals surface area contributed by atoms with Gasteiger partial charge in [-0.25, -0.2) is 0 Å². The highest BCUT2D eigenvalue weighted by molar-refractivity contribution is 5.85. The summed E-state index contributed by atoms with van der Waals surface area (Å²) in [4.78, 5) is 0. The van der Waals surface area contributed by atoms with E-state index in [1.165, 1.54) is 11.1 Å². The van der Waals surface area contributed by atoms with Gasteiger partial charge in [-0.15, -0.1) is 12.4 Å². The van der Waals surface area contributed by atoms with E-state index in [-0.39, 0.29) is 18.5 Å². The third-order valence-corrected chi connectivity index (χ3v) is 3.82. The first-order valence-electron chi connectivity index (χ1n) is 7.00. The molecule has 1 aliphatic rings. The molecule has 0 aromatic heterocycles. The normalized spacial score (nSPS) is 21.6. The van der Waals surface area contributed by atoms with Crippen LogP contribution in [0.15, 0.2) is 18.2 Å². The number of ether oxygens (including phenoxy) is 1. The van der Waals surface area contributed by atoms with Crippen molar-refractivity contribution in [2.45, 2.75) is 26.0 Å². The van der Waals surface area contributed by atoms with Crippen LogP contribution >= 0.6 is 12.4 Å². The van der Waals surface area contributed by atoms with Gasteiger partial charge in [0.1, 0.15) is 5.75 Å². The Bertz CT molecular complexity index is 415. The molecule has 2 atom stereocenters. The van der Waals surface area contributed by atoms with E-state index >= 15 is 0 Å². The molecule has 0 aliphatic carbocycles. The summed E-state index contributed by atoms with van der Waals surface area (Å²) in [5.74, 6) is 1.24. The second-order valence-electron chi connectivity index (χ2n) is 5.10. The molecule has 2 rings (SSSR count). The molecule has 0 saturated carbocycles. The summed E-state index contributed by atoms with van der Waals surface area (Å²) in [6.07, 6.45) is 0.788. The molecule has 1 saturated heterocycles. The zero-order chi connectivity index (χ0) is 13.7. The maximum atomic E-state index is 9.74. The van der Waals surface area contributed by atoms with Gasteiger partial charge < -0.3 is 20.5 Å². The van der Waals surface area contributed by atoms with Crippen molar-refractivity contribution in [3.63, 3.8) is 0 Å². The number of hydrogen-bond donors (Lipinski definition) is 3. The third-order valence-electron chi connectivity index (χ3n) is 3.82. The van der Waals surface area contributed by atoms with Crippen molar-refractivity contribution in [1.29, 1.82) is 0 Å². The van der Waals surface area contributed by atoms with Gasteiger partial charge in [0.25, 0.3) is 0 Å². The summed E-state index contributed by atoms with van der Waals surface area (Å²) in [5, 5.41) is 16.4. The lowest BCUT2D eigenvalue weighted by atomic mass is 10.0. The van der Waals surface area contributed by atoms with Gasteiger partial charge in [-0.05, 0) is 29.7 Å². The minimum atomic E-state index is -0.214. The molecule has 1 aliphatic heterocycles. The van der Waals surface area contributed by atoms with Crippen LogP contribution < -0.4 is 15.4 Å². The zero-order valence-corrected chi connectivity index (χ0v) is 13.0. The minimum absolute atomic E-state index is 0. The Balaban J connectivity index is 0.00000200. The molecule has 2 unspecified atom stereocenters. The fourth-order valence-corrected chi connectivity index (χ4v) is 2.55. The summed E-state index contributed by atoms with van der Waals surface area (Å²) < 4.78 is 5.25. The molecule has 3 N–H and O–H groups in total. The van der Waals surface area contributed by atoms with Crippen molar-refractivity contribution >= 4 is 12.4 Å². The van der Waals surface area contributed by atoms with Crippen LogP contribution in [0.3, 0.4) is 0 Å². The summed E-state index contributed by atoms with van der Waals surface area (Å²) in [7, 11) is 1.70. The van der Waals surface area contributed by atoms with Gasteiger partial charge in [-0.3, -0.25) is 0 Å². The number of aliphatic hydroxyl groups excluding tert-OH is 1. The van der Waals surface area contributed by atoms with Crippen LogP contribution in [0.25, 0.3) is 0 Å². The van der Waals surface area contributed by atoms with Crippen molar-refractivity contribution in [2.24, 2.45) is 5.92 Å². The molecule has 1 aromatic carbocycles. The maximum absolute atomic E-state index is 9.74. The van der Waals surface area contributed by atoms with Crippen LogP contribution in [-0.2, 0) is 13.0 Å². The predicted octanol–water partition coefficient (Wildman–Crippen LogP) is 1.35. The van der Waals surface area contributed by atoms with Gasteiger partial charge in [0.05, 0.1) is 13.2 Å². The molecule has 0 amide bonds. The van der Waals surface area contributed by atoms with E-state index in [9.17, 15) is 5.11 Å². The van der Waals surface area contributed by atoms with E-state index in [1.54, 1.807) is 7.11 Å². The summed E-state index contributed by atoms with van der Waals surface area (Å²) in [5.41, 5.74) is 2.63. The molecule has 0 bridgehead atoms. The Morgan fingerprint density at radius 1 is 1.35 bits per heavy atom. The Morgan fingerprint density at radius 2 is 2.15 bits per heavy atom. The monoisotopic (exact) mass is 300 g/mol. The molecule has 1 fully saturated rings. The number of methoxy groups -OCH3 is 1. The molecular formula is C15H25ClN2O2. The Labute approximate surface area is 127 Å². The first-order chi connectivity index (χ1) is 9.24. The highest BCUT2D eigenvalue weighted by Crippen LogP contribution is 2.18. The number of benzene rings is 1. The number of aryl methyl sites for hydroxylation is 1. The SMILES string of the molecule is CCc1cc(OC)ccc1CNCC1CNCC1O.Cl. The lowest BCUT2D eigenvalue weighted by Gasteiger charge is -2.15. The fraction of sp³-hybridized carbons (Fsp3) is 0.600. The quantitative estimate of drug-likeness (QED) is 0.742. The summed E-state index contributed by atoms with van der Waals surface area (Å²) in [6, 6.07) is 6.22. The second-order valence-corrected chi connectivity index (χ2v) is 5.10. The lowest BCUT2D eigenvalue weighted by Crippen LogP contribution is -2.30. The van der Waals surface area contributed by atoms with Gasteiger partial charge in [0, 0.05) is 32.1 Å². The smallest absolute Gasteiger partial charge is 0.119 e. The van der Waals surface area contributed by atoms with E-state index in [0.29, 0.717) is 5.92 Å². The van der Waals surface area contributed by atoms with Crippen molar-refractivity contribution in [1.82, 2.24) is 10.6 Å². The van der Waals surface area contributed by atoms with Gasteiger partial charge in [0.15, 0.2) is 0 Å². The van der Waals surface area contributed by atoms with Crippen molar-refractivity contribution in [3.8, 4) is 5.75 Å². The first kappa shape index (κ1) is 17.2. The standard InChI is InChI=1S/C15H24N2O2.ClH/c1-3-11-6-14(19-2)5-4-12(11)7-16-8-13-9-17-10-15(13)18;/h4-6,13,15-18H,3,7-10H2,1-2H3;1H. The predicted molar refractivity (Wildman–Crippen MR) is 83.7 cm³/mol. The molecule has 1 aromatic rings. The first-order valence-corrected chi connectivity index (χ1v) is 7.00. The number of rotatable bonds is 6. The van der Waals surface area contributed by atoms with Crippen LogP contribution in [0.2, 0.25) is 0 Å². The number of nitrogens with one attached hydrogen (secondary N) is 2. The molecule has 5 heteroatoms.